The number of aromatic nitrogens is 2. The van der Waals surface area contributed by atoms with Crippen molar-refractivity contribution in [3.63, 3.8) is 0 Å². The van der Waals surface area contributed by atoms with Gasteiger partial charge in [0.25, 0.3) is 0 Å². The molecule has 7 nitrogen and oxygen atoms in total. The van der Waals surface area contributed by atoms with Crippen molar-refractivity contribution in [1.82, 2.24) is 15.3 Å². The maximum Gasteiger partial charge on any atom is 0.352 e. The molecule has 1 amide bonds. The van der Waals surface area contributed by atoms with E-state index in [1.807, 2.05) is 0 Å². The molecular weight excluding hydrogens is 342 g/mol. The Morgan fingerprint density at radius 1 is 1.24 bits per heavy atom. The van der Waals surface area contributed by atoms with Gasteiger partial charge in [0.2, 0.25) is 5.91 Å². The topological polar surface area (TPSA) is 112 Å². The third-order valence-corrected chi connectivity index (χ3v) is 6.66. The number of thioether (sulfide) groups is 1. The molecule has 4 saturated carbocycles. The zero-order valence-electron chi connectivity index (χ0n) is 13.8. The van der Waals surface area contributed by atoms with Gasteiger partial charge in [-0.3, -0.25) is 9.78 Å². The minimum absolute atomic E-state index is 0.0415. The number of hydrogen-bond donors (Lipinski definition) is 3. The SMILES string of the molecule is O=C(CSc1cc(C(=O)O)[nH]c(=O)n1)NC12CC3CC(CC(C3)C1)C2. The Labute approximate surface area is 149 Å². The molecule has 4 aliphatic carbocycles. The lowest BCUT2D eigenvalue weighted by molar-refractivity contribution is -0.124. The number of nitrogens with zero attached hydrogens (tertiary/aromatic N) is 1. The minimum Gasteiger partial charge on any atom is -0.477 e. The van der Waals surface area contributed by atoms with Gasteiger partial charge in [-0.25, -0.2) is 9.59 Å². The van der Waals surface area contributed by atoms with Crippen LogP contribution in [0.4, 0.5) is 0 Å². The van der Waals surface area contributed by atoms with E-state index in [1.165, 1.54) is 25.3 Å². The molecule has 1 heterocycles. The van der Waals surface area contributed by atoms with Crippen LogP contribution in [0.5, 0.6) is 0 Å². The summed E-state index contributed by atoms with van der Waals surface area (Å²) in [6.45, 7) is 0. The fourth-order valence-electron chi connectivity index (χ4n) is 5.36. The highest BCUT2D eigenvalue weighted by Gasteiger charge is 2.51. The van der Waals surface area contributed by atoms with Gasteiger partial charge in [0, 0.05) is 11.6 Å². The number of carbonyl (C=O) groups excluding carboxylic acids is 1. The number of rotatable bonds is 5. The van der Waals surface area contributed by atoms with Gasteiger partial charge in [-0.15, -0.1) is 0 Å². The Morgan fingerprint density at radius 3 is 2.40 bits per heavy atom. The average Bonchev–Trinajstić information content (AvgIpc) is 2.50. The van der Waals surface area contributed by atoms with Crippen molar-refractivity contribution >= 4 is 23.6 Å². The van der Waals surface area contributed by atoms with E-state index in [0.717, 1.165) is 48.8 Å². The van der Waals surface area contributed by atoms with Crippen LogP contribution in [0.15, 0.2) is 15.9 Å². The summed E-state index contributed by atoms with van der Waals surface area (Å²) in [6.07, 6.45) is 7.21. The summed E-state index contributed by atoms with van der Waals surface area (Å²) in [6, 6.07) is 1.28. The Bertz CT molecular complexity index is 740. The number of H-pyrrole nitrogens is 1. The lowest BCUT2D eigenvalue weighted by Gasteiger charge is -2.56. The van der Waals surface area contributed by atoms with Crippen LogP contribution in [0.2, 0.25) is 0 Å². The fourth-order valence-corrected chi connectivity index (χ4v) is 6.06. The zero-order valence-corrected chi connectivity index (χ0v) is 14.6. The summed E-state index contributed by atoms with van der Waals surface area (Å²) in [5, 5.41) is 12.5. The van der Waals surface area contributed by atoms with Crippen molar-refractivity contribution in [2.75, 3.05) is 5.75 Å². The molecule has 5 rings (SSSR count). The predicted octanol–water partition coefficient (Wildman–Crippen LogP) is 1.65. The van der Waals surface area contributed by atoms with Gasteiger partial charge >= 0.3 is 11.7 Å². The second-order valence-corrected chi connectivity index (χ2v) is 8.77. The average molecular weight is 363 g/mol. The van der Waals surface area contributed by atoms with Gasteiger partial charge in [-0.05, 0) is 56.3 Å². The van der Waals surface area contributed by atoms with Gasteiger partial charge in [0.05, 0.1) is 5.75 Å². The predicted molar refractivity (Wildman–Crippen MR) is 91.6 cm³/mol. The molecule has 134 valence electrons. The summed E-state index contributed by atoms with van der Waals surface area (Å²) in [7, 11) is 0. The maximum atomic E-state index is 12.4. The first kappa shape index (κ1) is 16.6. The number of amides is 1. The number of aromatic carboxylic acids is 1. The van der Waals surface area contributed by atoms with Crippen LogP contribution in [0.1, 0.15) is 49.0 Å². The molecule has 0 aromatic carbocycles. The molecule has 0 saturated heterocycles. The second kappa shape index (κ2) is 6.16. The first-order valence-corrected chi connectivity index (χ1v) is 9.68. The van der Waals surface area contributed by atoms with Crippen molar-refractivity contribution in [3.8, 4) is 0 Å². The molecule has 3 N–H and O–H groups in total. The van der Waals surface area contributed by atoms with E-state index >= 15 is 0 Å². The Morgan fingerprint density at radius 2 is 1.84 bits per heavy atom. The monoisotopic (exact) mass is 363 g/mol. The molecule has 1 aromatic heterocycles. The number of nitrogens with one attached hydrogen (secondary N) is 2. The molecule has 4 aliphatic rings. The smallest absolute Gasteiger partial charge is 0.352 e. The van der Waals surface area contributed by atoms with E-state index in [-0.39, 0.29) is 27.9 Å². The zero-order chi connectivity index (χ0) is 17.6. The van der Waals surface area contributed by atoms with E-state index in [4.69, 9.17) is 5.11 Å². The van der Waals surface area contributed by atoms with Crippen molar-refractivity contribution in [3.05, 3.63) is 22.2 Å². The van der Waals surface area contributed by atoms with Gasteiger partial charge in [0.15, 0.2) is 0 Å². The largest absolute Gasteiger partial charge is 0.477 e. The highest BCUT2D eigenvalue weighted by Crippen LogP contribution is 2.55. The summed E-state index contributed by atoms with van der Waals surface area (Å²) >= 11 is 1.10. The quantitative estimate of drug-likeness (QED) is 0.542. The van der Waals surface area contributed by atoms with Crippen LogP contribution >= 0.6 is 11.8 Å². The van der Waals surface area contributed by atoms with Crippen molar-refractivity contribution in [1.29, 1.82) is 0 Å². The van der Waals surface area contributed by atoms with Crippen molar-refractivity contribution in [2.24, 2.45) is 17.8 Å². The van der Waals surface area contributed by atoms with Crippen molar-refractivity contribution < 1.29 is 14.7 Å². The number of carboxylic acid groups (broad SMARTS) is 1. The van der Waals surface area contributed by atoms with E-state index in [9.17, 15) is 14.4 Å². The normalized spacial score (nSPS) is 32.6. The summed E-state index contributed by atoms with van der Waals surface area (Å²) in [5.41, 5.74) is -0.979. The molecule has 0 unspecified atom stereocenters. The first-order valence-electron chi connectivity index (χ1n) is 8.69. The highest BCUT2D eigenvalue weighted by molar-refractivity contribution is 7.99. The van der Waals surface area contributed by atoms with Crippen molar-refractivity contribution in [2.45, 2.75) is 49.1 Å². The first-order chi connectivity index (χ1) is 11.9. The summed E-state index contributed by atoms with van der Waals surface area (Å²) < 4.78 is 0. The summed E-state index contributed by atoms with van der Waals surface area (Å²) in [4.78, 5) is 40.7. The van der Waals surface area contributed by atoms with Gasteiger partial charge in [0.1, 0.15) is 10.7 Å². The number of carboxylic acids is 1. The molecule has 0 atom stereocenters. The molecule has 4 fully saturated rings. The third-order valence-electron chi connectivity index (χ3n) is 5.75. The molecular formula is C17H21N3O4S. The van der Waals surface area contributed by atoms with Gasteiger partial charge in [-0.2, -0.15) is 4.98 Å². The number of carbonyl (C=O) groups is 2. The standard InChI is InChI=1S/C17H21N3O4S/c21-13(8-25-14-4-12(15(22)23)18-16(24)19-14)20-17-5-9-1-10(6-17)3-11(2-9)7-17/h4,9-11H,1-3,5-8H2,(H,20,21)(H,22,23)(H,18,19,24). The lowest BCUT2D eigenvalue weighted by Crippen LogP contribution is -2.60. The van der Waals surface area contributed by atoms with Crippen LogP contribution in [0, 0.1) is 17.8 Å². The van der Waals surface area contributed by atoms with Gasteiger partial charge in [-0.1, -0.05) is 11.8 Å². The van der Waals surface area contributed by atoms with Crippen LogP contribution in [-0.4, -0.2) is 38.2 Å². The van der Waals surface area contributed by atoms with Crippen LogP contribution in [0.25, 0.3) is 0 Å². The highest BCUT2D eigenvalue weighted by atomic mass is 32.2. The van der Waals surface area contributed by atoms with E-state index in [1.54, 1.807) is 0 Å². The number of aromatic amines is 1. The maximum absolute atomic E-state index is 12.4. The Kier molecular flexibility index (Phi) is 4.10. The van der Waals surface area contributed by atoms with Gasteiger partial charge < -0.3 is 10.4 Å². The summed E-state index contributed by atoms with van der Waals surface area (Å²) in [5.74, 6) is 1.12. The Balaban J connectivity index is 1.39. The molecule has 0 spiro atoms. The van der Waals surface area contributed by atoms with E-state index < -0.39 is 11.7 Å². The van der Waals surface area contributed by atoms with Crippen LogP contribution < -0.4 is 11.0 Å². The van der Waals surface area contributed by atoms with Crippen LogP contribution in [-0.2, 0) is 4.79 Å². The minimum atomic E-state index is -1.22. The second-order valence-electron chi connectivity index (χ2n) is 7.78. The molecule has 0 radical (unpaired) electrons. The molecule has 4 bridgehead atoms. The lowest BCUT2D eigenvalue weighted by atomic mass is 9.53. The molecule has 25 heavy (non-hydrogen) atoms. The third kappa shape index (κ3) is 3.44. The van der Waals surface area contributed by atoms with E-state index in [0.29, 0.717) is 0 Å². The number of hydrogen-bond acceptors (Lipinski definition) is 5. The molecule has 0 aliphatic heterocycles. The van der Waals surface area contributed by atoms with Crippen LogP contribution in [0.3, 0.4) is 0 Å². The Hall–Kier alpha value is -1.83. The molecule has 8 heteroatoms. The molecule has 1 aromatic rings. The fraction of sp³-hybridized carbons (Fsp3) is 0.647. The van der Waals surface area contributed by atoms with E-state index in [2.05, 4.69) is 15.3 Å².